The Kier molecular flexibility index (Phi) is 7.53. The van der Waals surface area contributed by atoms with Crippen LogP contribution in [-0.4, -0.2) is 38.3 Å². The van der Waals surface area contributed by atoms with Crippen molar-refractivity contribution in [1.29, 1.82) is 0 Å². The summed E-state index contributed by atoms with van der Waals surface area (Å²) in [6, 6.07) is 10.2. The van der Waals surface area contributed by atoms with Crippen LogP contribution >= 0.6 is 11.3 Å². The van der Waals surface area contributed by atoms with Crippen LogP contribution in [-0.2, 0) is 0 Å². The summed E-state index contributed by atoms with van der Waals surface area (Å²) < 4.78 is 18.3. The van der Waals surface area contributed by atoms with Gasteiger partial charge in [-0.25, -0.2) is 4.68 Å². The number of nitrogens with zero attached hydrogens (tertiary/aromatic N) is 3. The lowest BCUT2D eigenvalue weighted by molar-refractivity contribution is 0.324. The molecule has 1 heterocycles. The van der Waals surface area contributed by atoms with Crippen molar-refractivity contribution in [1.82, 2.24) is 4.68 Å². The third-order valence-corrected chi connectivity index (χ3v) is 6.03. The highest BCUT2D eigenvalue weighted by atomic mass is 32.1. The molecule has 0 bridgehead atoms. The van der Waals surface area contributed by atoms with Crippen LogP contribution in [0.15, 0.2) is 58.5 Å². The summed E-state index contributed by atoms with van der Waals surface area (Å²) >= 11 is 1.55. The Labute approximate surface area is 193 Å². The highest BCUT2D eigenvalue weighted by Crippen LogP contribution is 2.38. The monoisotopic (exact) mass is 451 g/mol. The summed E-state index contributed by atoms with van der Waals surface area (Å²) in [5.74, 6) is 1.71. The van der Waals surface area contributed by atoms with Gasteiger partial charge in [-0.15, -0.1) is 17.9 Å². The van der Waals surface area contributed by atoms with Crippen LogP contribution in [0.4, 0.5) is 0 Å². The molecule has 0 radical (unpaired) electrons. The minimum absolute atomic E-state index is 0.519. The molecule has 0 aliphatic carbocycles. The Balaban J connectivity index is 2.19. The first kappa shape index (κ1) is 23.3. The van der Waals surface area contributed by atoms with Gasteiger partial charge < -0.3 is 14.2 Å². The third kappa shape index (κ3) is 4.78. The number of aromatic nitrogens is 1. The van der Waals surface area contributed by atoms with E-state index in [-0.39, 0.29) is 0 Å². The summed E-state index contributed by atoms with van der Waals surface area (Å²) in [4.78, 5) is 5.44. The predicted molar refractivity (Wildman–Crippen MR) is 132 cm³/mol. The van der Waals surface area contributed by atoms with Crippen molar-refractivity contribution in [3.8, 4) is 28.5 Å². The molecule has 0 saturated heterocycles. The molecule has 1 aromatic heterocycles. The molecule has 0 N–H and O–H groups in total. The van der Waals surface area contributed by atoms with Gasteiger partial charge in [0.1, 0.15) is 0 Å². The van der Waals surface area contributed by atoms with Crippen LogP contribution in [0.2, 0.25) is 0 Å². The van der Waals surface area contributed by atoms with Crippen LogP contribution in [0.1, 0.15) is 23.6 Å². The highest BCUT2D eigenvalue weighted by molar-refractivity contribution is 7.07. The molecule has 0 amide bonds. The standard InChI is InChI=1S/C25H29N3O3S/c1-8-11-26-25-28(21(15-32-25)19-10-9-16(2)17(3)12-19)27-18(4)20-13-22(29-5)24(31-7)23(14-20)30-6/h8-10,12-15H,1,11H2,2-7H3. The van der Waals surface area contributed by atoms with Crippen molar-refractivity contribution in [3.63, 3.8) is 0 Å². The van der Waals surface area contributed by atoms with E-state index in [1.165, 1.54) is 11.1 Å². The van der Waals surface area contributed by atoms with E-state index < -0.39 is 0 Å². The van der Waals surface area contributed by atoms with E-state index in [1.54, 1.807) is 38.7 Å². The number of thiazole rings is 1. The topological polar surface area (TPSA) is 57.3 Å². The first-order valence-electron chi connectivity index (χ1n) is 10.2. The predicted octanol–water partition coefficient (Wildman–Crippen LogP) is 5.22. The second-order valence-electron chi connectivity index (χ2n) is 7.24. The van der Waals surface area contributed by atoms with Crippen molar-refractivity contribution in [2.75, 3.05) is 27.9 Å². The molecule has 0 saturated carbocycles. The fraction of sp³-hybridized carbons (Fsp3) is 0.280. The molecule has 168 valence electrons. The zero-order valence-electron chi connectivity index (χ0n) is 19.4. The zero-order chi connectivity index (χ0) is 23.3. The molecular weight excluding hydrogens is 422 g/mol. The third-order valence-electron chi connectivity index (χ3n) is 5.18. The number of aryl methyl sites for hydroxylation is 2. The van der Waals surface area contributed by atoms with E-state index in [0.29, 0.717) is 23.8 Å². The molecule has 0 spiro atoms. The SMILES string of the molecule is C=CCN=c1scc(-c2ccc(C)c(C)c2)n1N=C(C)c1cc(OC)c(OC)c(OC)c1. The van der Waals surface area contributed by atoms with Gasteiger partial charge in [0.2, 0.25) is 10.6 Å². The normalized spacial score (nSPS) is 12.1. The number of ether oxygens (including phenoxy) is 3. The highest BCUT2D eigenvalue weighted by Gasteiger charge is 2.15. The second kappa shape index (κ2) is 10.3. The van der Waals surface area contributed by atoms with E-state index >= 15 is 0 Å². The zero-order valence-corrected chi connectivity index (χ0v) is 20.2. The fourth-order valence-corrected chi connectivity index (χ4v) is 4.08. The van der Waals surface area contributed by atoms with E-state index in [1.807, 2.05) is 23.7 Å². The molecule has 6 nitrogen and oxygen atoms in total. The summed E-state index contributed by atoms with van der Waals surface area (Å²) in [7, 11) is 4.79. The maximum Gasteiger partial charge on any atom is 0.206 e. The summed E-state index contributed by atoms with van der Waals surface area (Å²) in [6.07, 6.45) is 1.77. The molecule has 0 aliphatic rings. The van der Waals surface area contributed by atoms with Crippen molar-refractivity contribution in [2.45, 2.75) is 20.8 Å². The minimum Gasteiger partial charge on any atom is -0.493 e. The average molecular weight is 452 g/mol. The summed E-state index contributed by atoms with van der Waals surface area (Å²) in [6.45, 7) is 10.5. The molecule has 0 fully saturated rings. The molecule has 0 unspecified atom stereocenters. The molecule has 7 heteroatoms. The molecule has 0 atom stereocenters. The van der Waals surface area contributed by atoms with Crippen molar-refractivity contribution in [3.05, 3.63) is 69.9 Å². The Morgan fingerprint density at radius 3 is 2.28 bits per heavy atom. The largest absolute Gasteiger partial charge is 0.493 e. The maximum atomic E-state index is 5.50. The van der Waals surface area contributed by atoms with Crippen molar-refractivity contribution in [2.24, 2.45) is 10.1 Å². The van der Waals surface area contributed by atoms with Crippen LogP contribution in [0, 0.1) is 13.8 Å². The van der Waals surface area contributed by atoms with Gasteiger partial charge in [-0.1, -0.05) is 18.2 Å². The molecule has 0 aliphatic heterocycles. The van der Waals surface area contributed by atoms with Crippen molar-refractivity contribution < 1.29 is 14.2 Å². The Morgan fingerprint density at radius 1 is 1.03 bits per heavy atom. The van der Waals surface area contributed by atoms with E-state index in [9.17, 15) is 0 Å². The molecule has 32 heavy (non-hydrogen) atoms. The lowest BCUT2D eigenvalue weighted by Gasteiger charge is -2.14. The molecule has 3 aromatic rings. The molecule has 3 rings (SSSR count). The summed E-state index contributed by atoms with van der Waals surface area (Å²) in [5, 5.41) is 7.02. The smallest absolute Gasteiger partial charge is 0.206 e. The van der Waals surface area contributed by atoms with Crippen LogP contribution in [0.5, 0.6) is 17.2 Å². The molecular formula is C25H29N3O3S. The number of rotatable bonds is 8. The van der Waals surface area contributed by atoms with Gasteiger partial charge >= 0.3 is 0 Å². The number of methoxy groups -OCH3 is 3. The Morgan fingerprint density at radius 2 is 1.72 bits per heavy atom. The van der Waals surface area contributed by atoms with Crippen molar-refractivity contribution >= 4 is 17.0 Å². The van der Waals surface area contributed by atoms with Gasteiger partial charge in [-0.3, -0.25) is 4.99 Å². The van der Waals surface area contributed by atoms with Gasteiger partial charge in [0.15, 0.2) is 11.5 Å². The maximum absolute atomic E-state index is 5.50. The number of hydrogen-bond acceptors (Lipinski definition) is 6. The van der Waals surface area contributed by atoms with Gasteiger partial charge in [0.25, 0.3) is 0 Å². The quantitative estimate of drug-likeness (QED) is 0.349. The van der Waals surface area contributed by atoms with Gasteiger partial charge in [0.05, 0.1) is 39.3 Å². The van der Waals surface area contributed by atoms with Gasteiger partial charge in [0, 0.05) is 16.5 Å². The lowest BCUT2D eigenvalue weighted by Crippen LogP contribution is -2.14. The van der Waals surface area contributed by atoms with Gasteiger partial charge in [-0.2, -0.15) is 5.10 Å². The van der Waals surface area contributed by atoms with E-state index in [2.05, 4.69) is 49.0 Å². The lowest BCUT2D eigenvalue weighted by atomic mass is 10.1. The first-order chi connectivity index (χ1) is 15.4. The van der Waals surface area contributed by atoms with Gasteiger partial charge in [-0.05, 0) is 50.1 Å². The molecule has 2 aromatic carbocycles. The Bertz CT molecular complexity index is 1200. The fourth-order valence-electron chi connectivity index (χ4n) is 3.24. The first-order valence-corrected chi connectivity index (χ1v) is 11.1. The van der Waals surface area contributed by atoms with E-state index in [0.717, 1.165) is 27.3 Å². The van der Waals surface area contributed by atoms with Crippen LogP contribution in [0.25, 0.3) is 11.3 Å². The second-order valence-corrected chi connectivity index (χ2v) is 8.08. The minimum atomic E-state index is 0.519. The number of benzene rings is 2. The average Bonchev–Trinajstić information content (AvgIpc) is 3.20. The number of hydrogen-bond donors (Lipinski definition) is 0. The summed E-state index contributed by atoms with van der Waals surface area (Å²) in [5.41, 5.74) is 6.20. The van der Waals surface area contributed by atoms with Crippen LogP contribution in [0.3, 0.4) is 0 Å². The Hall–Kier alpha value is -3.32. The van der Waals surface area contributed by atoms with Crippen LogP contribution < -0.4 is 19.0 Å². The van der Waals surface area contributed by atoms with E-state index in [4.69, 9.17) is 19.3 Å².